The number of rotatable bonds is 5. The van der Waals surface area contributed by atoms with Gasteiger partial charge in [-0.2, -0.15) is 0 Å². The summed E-state index contributed by atoms with van der Waals surface area (Å²) in [5, 5.41) is 2.56. The van der Waals surface area contributed by atoms with E-state index in [2.05, 4.69) is 258 Å². The van der Waals surface area contributed by atoms with Crippen LogP contribution in [0.25, 0.3) is 83.1 Å². The van der Waals surface area contributed by atoms with Gasteiger partial charge in [0.1, 0.15) is 0 Å². The van der Waals surface area contributed by atoms with Crippen molar-refractivity contribution in [1.82, 2.24) is 4.57 Å². The molecule has 1 aliphatic carbocycles. The molecule has 0 spiro atoms. The predicted octanol–water partition coefficient (Wildman–Crippen LogP) is 18.1. The molecule has 0 saturated heterocycles. The van der Waals surface area contributed by atoms with Gasteiger partial charge in [-0.15, -0.1) is 0 Å². The lowest BCUT2D eigenvalue weighted by Gasteiger charge is -2.21. The van der Waals surface area contributed by atoms with Crippen molar-refractivity contribution in [2.45, 2.75) is 40.0 Å². The monoisotopic (exact) mass is 861 g/mol. The molecule has 12 rings (SSSR count). The van der Waals surface area contributed by atoms with Gasteiger partial charge in [0, 0.05) is 21.9 Å². The van der Waals surface area contributed by atoms with E-state index in [-0.39, 0.29) is 5.41 Å². The summed E-state index contributed by atoms with van der Waals surface area (Å²) in [6.45, 7) is 11.0. The highest BCUT2D eigenvalue weighted by atomic mass is 15.0. The summed E-state index contributed by atoms with van der Waals surface area (Å²) in [5.41, 5.74) is 23.1. The first-order valence-electron chi connectivity index (χ1n) is 23.4. The second kappa shape index (κ2) is 18.5. The van der Waals surface area contributed by atoms with Gasteiger partial charge in [-0.1, -0.05) is 231 Å². The summed E-state index contributed by atoms with van der Waals surface area (Å²) in [4.78, 5) is 0. The van der Waals surface area contributed by atoms with Crippen LogP contribution in [0.1, 0.15) is 41.7 Å². The van der Waals surface area contributed by atoms with Crippen LogP contribution in [-0.2, 0) is 5.41 Å². The zero-order valence-corrected chi connectivity index (χ0v) is 39.0. The maximum atomic E-state index is 2.44. The molecule has 0 saturated carbocycles. The number of hydrogen-bond acceptors (Lipinski definition) is 0. The van der Waals surface area contributed by atoms with Crippen molar-refractivity contribution in [3.63, 3.8) is 0 Å². The average Bonchev–Trinajstić information content (AvgIpc) is 3.82. The van der Waals surface area contributed by atoms with Gasteiger partial charge in [0.25, 0.3) is 0 Å². The Balaban J connectivity index is 0.000000166. The molecule has 0 N–H and O–H groups in total. The lowest BCUT2D eigenvalue weighted by Crippen LogP contribution is -2.14. The van der Waals surface area contributed by atoms with Crippen LogP contribution in [0.3, 0.4) is 0 Å². The molecular weight excluding hydrogens is 807 g/mol. The van der Waals surface area contributed by atoms with Gasteiger partial charge >= 0.3 is 0 Å². The molecular formula is C66H55N. The van der Waals surface area contributed by atoms with E-state index in [1.807, 2.05) is 24.3 Å². The minimum absolute atomic E-state index is 0.00711. The second-order valence-corrected chi connectivity index (χ2v) is 18.4. The number of hydrogen-bond donors (Lipinski definition) is 0. The minimum Gasteiger partial charge on any atom is -0.309 e. The van der Waals surface area contributed by atoms with Gasteiger partial charge in [0.15, 0.2) is 0 Å². The first kappa shape index (κ1) is 42.9. The summed E-state index contributed by atoms with van der Waals surface area (Å²) in [6.07, 6.45) is 0. The van der Waals surface area contributed by atoms with E-state index in [4.69, 9.17) is 0 Å². The summed E-state index contributed by atoms with van der Waals surface area (Å²) in [5.74, 6) is 0. The van der Waals surface area contributed by atoms with Crippen molar-refractivity contribution in [3.8, 4) is 61.3 Å². The Bertz CT molecular complexity index is 3500. The van der Waals surface area contributed by atoms with Crippen molar-refractivity contribution < 1.29 is 0 Å². The quantitative estimate of drug-likeness (QED) is 0.162. The molecule has 1 aliphatic rings. The molecule has 324 valence electrons. The zero-order valence-electron chi connectivity index (χ0n) is 39.0. The smallest absolute Gasteiger partial charge is 0.0541 e. The number of para-hydroxylation sites is 1. The molecule has 1 heteroatoms. The molecule has 0 fully saturated rings. The molecule has 11 aromatic rings. The molecule has 0 amide bonds. The largest absolute Gasteiger partial charge is 0.309 e. The molecule has 0 atom stereocenters. The fourth-order valence-corrected chi connectivity index (χ4v) is 9.77. The fourth-order valence-electron chi connectivity index (χ4n) is 9.77. The molecule has 0 bridgehead atoms. The summed E-state index contributed by atoms with van der Waals surface area (Å²) < 4.78 is 2.44. The molecule has 0 radical (unpaired) electrons. The zero-order chi connectivity index (χ0) is 45.9. The van der Waals surface area contributed by atoms with Gasteiger partial charge in [-0.25, -0.2) is 0 Å². The van der Waals surface area contributed by atoms with Crippen LogP contribution >= 0.6 is 0 Å². The summed E-state index contributed by atoms with van der Waals surface area (Å²) in [7, 11) is 0. The van der Waals surface area contributed by atoms with E-state index < -0.39 is 0 Å². The summed E-state index contributed by atoms with van der Waals surface area (Å²) in [6, 6.07) is 87.5. The highest BCUT2D eigenvalue weighted by molar-refractivity contribution is 6.10. The maximum absolute atomic E-state index is 2.44. The SMILES string of the molecule is Cc1ccc(-c2cccc(-c3ccccc3)c2)cc1.Cc1cccc(-c2cccc(-c3ccc4c(c3)c3ccccc3n4-c3ccc4c(c3)-c3ccccc3C4(C)C)c2)c1.Cc1ccccc1. The lowest BCUT2D eigenvalue weighted by molar-refractivity contribution is 0.660. The van der Waals surface area contributed by atoms with E-state index in [9.17, 15) is 0 Å². The van der Waals surface area contributed by atoms with Crippen molar-refractivity contribution in [3.05, 3.63) is 270 Å². The van der Waals surface area contributed by atoms with E-state index >= 15 is 0 Å². The van der Waals surface area contributed by atoms with Gasteiger partial charge in [-0.05, 0) is 130 Å². The first-order valence-corrected chi connectivity index (χ1v) is 23.4. The normalized spacial score (nSPS) is 12.1. The van der Waals surface area contributed by atoms with Crippen LogP contribution in [0.15, 0.2) is 243 Å². The van der Waals surface area contributed by atoms with Crippen LogP contribution in [0.4, 0.5) is 0 Å². The van der Waals surface area contributed by atoms with Gasteiger partial charge < -0.3 is 4.57 Å². The Morgan fingerprint density at radius 3 is 1.40 bits per heavy atom. The van der Waals surface area contributed by atoms with Crippen molar-refractivity contribution in [2.24, 2.45) is 0 Å². The van der Waals surface area contributed by atoms with E-state index in [0.717, 1.165) is 0 Å². The van der Waals surface area contributed by atoms with Crippen LogP contribution in [0.2, 0.25) is 0 Å². The Labute approximate surface area is 396 Å². The molecule has 67 heavy (non-hydrogen) atoms. The highest BCUT2D eigenvalue weighted by Crippen LogP contribution is 2.49. The molecule has 0 aliphatic heterocycles. The van der Waals surface area contributed by atoms with Crippen LogP contribution in [0, 0.1) is 20.8 Å². The topological polar surface area (TPSA) is 4.93 Å². The van der Waals surface area contributed by atoms with Crippen molar-refractivity contribution in [1.29, 1.82) is 0 Å². The molecule has 1 nitrogen and oxygen atoms in total. The van der Waals surface area contributed by atoms with Gasteiger partial charge in [-0.3, -0.25) is 0 Å². The Hall–Kier alpha value is -8.00. The molecule has 1 heterocycles. The van der Waals surface area contributed by atoms with Crippen molar-refractivity contribution in [2.75, 3.05) is 0 Å². The lowest BCUT2D eigenvalue weighted by atomic mass is 9.82. The third kappa shape index (κ3) is 8.77. The van der Waals surface area contributed by atoms with Gasteiger partial charge in [0.2, 0.25) is 0 Å². The van der Waals surface area contributed by atoms with E-state index in [1.165, 1.54) is 111 Å². The predicted molar refractivity (Wildman–Crippen MR) is 287 cm³/mol. The van der Waals surface area contributed by atoms with Crippen molar-refractivity contribution >= 4 is 21.8 Å². The molecule has 0 unspecified atom stereocenters. The van der Waals surface area contributed by atoms with E-state index in [0.29, 0.717) is 0 Å². The van der Waals surface area contributed by atoms with Crippen LogP contribution < -0.4 is 0 Å². The third-order valence-electron chi connectivity index (χ3n) is 13.3. The summed E-state index contributed by atoms with van der Waals surface area (Å²) >= 11 is 0. The Morgan fingerprint density at radius 1 is 0.284 bits per heavy atom. The Kier molecular flexibility index (Phi) is 11.8. The molecule has 1 aromatic heterocycles. The highest BCUT2D eigenvalue weighted by Gasteiger charge is 2.35. The van der Waals surface area contributed by atoms with E-state index in [1.54, 1.807) is 0 Å². The first-order chi connectivity index (χ1) is 32.7. The van der Waals surface area contributed by atoms with Crippen LogP contribution in [0.5, 0.6) is 0 Å². The number of nitrogens with zero attached hydrogens (tertiary/aromatic N) is 1. The number of benzene rings is 10. The second-order valence-electron chi connectivity index (χ2n) is 18.4. The molecule has 10 aromatic carbocycles. The number of aryl methyl sites for hydroxylation is 3. The Morgan fingerprint density at radius 2 is 0.746 bits per heavy atom. The maximum Gasteiger partial charge on any atom is 0.0541 e. The van der Waals surface area contributed by atoms with Crippen LogP contribution in [-0.4, -0.2) is 4.57 Å². The number of fused-ring (bicyclic) bond motifs is 6. The van der Waals surface area contributed by atoms with Gasteiger partial charge in [0.05, 0.1) is 11.0 Å². The average molecular weight is 862 g/mol. The third-order valence-corrected chi connectivity index (χ3v) is 13.3. The fraction of sp³-hybridized carbons (Fsp3) is 0.0909. The minimum atomic E-state index is 0.00711. The standard InChI is InChI=1S/C40H31N.C19H16.C7H8/c1-26-10-8-11-27(22-26)28-12-9-13-29(23-28)30-18-21-39-35(24-30)33-15-5-7-17-38(33)41(39)31-19-20-37-34(25-31)32-14-4-6-16-36(32)40(37,2)3;1-15-10-12-17(13-11-15)19-9-5-8-18(14-19)16-6-3-2-4-7-16;1-7-5-3-2-4-6-7/h4-25H,1-3H3;2-14H,1H3;2-6H,1H3. The number of aromatic nitrogens is 1.